The number of aliphatic imine (C=N–C) groups is 1. The van der Waals surface area contributed by atoms with Gasteiger partial charge >= 0.3 is 0 Å². The molecule has 0 radical (unpaired) electrons. The van der Waals surface area contributed by atoms with E-state index in [-0.39, 0.29) is 17.9 Å². The zero-order valence-corrected chi connectivity index (χ0v) is 15.9. The Balaban J connectivity index is 2.42. The van der Waals surface area contributed by atoms with E-state index in [9.17, 15) is 5.11 Å². The minimum Gasteiger partial charge on any atom is -0.396 e. The molecule has 0 spiro atoms. The molecule has 2 unspecified atom stereocenters. The molecular weight excluding hydrogens is 318 g/mol. The lowest BCUT2D eigenvalue weighted by Crippen LogP contribution is -2.27. The van der Waals surface area contributed by atoms with Crippen LogP contribution in [0, 0.1) is 19.8 Å². The van der Waals surface area contributed by atoms with Crippen molar-refractivity contribution in [3.8, 4) is 0 Å². The van der Waals surface area contributed by atoms with Gasteiger partial charge in [0.25, 0.3) is 0 Å². The quantitative estimate of drug-likeness (QED) is 0.877. The molecular formula is C19H27N3OS. The van der Waals surface area contributed by atoms with Gasteiger partial charge in [0.1, 0.15) is 6.34 Å². The van der Waals surface area contributed by atoms with Gasteiger partial charge in [-0.05, 0) is 37.5 Å². The van der Waals surface area contributed by atoms with Gasteiger partial charge in [-0.15, -0.1) is 11.8 Å². The molecule has 130 valence electrons. The van der Waals surface area contributed by atoms with Crippen LogP contribution in [0.15, 0.2) is 40.1 Å². The van der Waals surface area contributed by atoms with Gasteiger partial charge in [0.2, 0.25) is 0 Å². The second-order valence-electron chi connectivity index (χ2n) is 6.71. The topological polar surface area (TPSA) is 57.0 Å². The molecule has 0 fully saturated rings. The number of thioether (sulfide) groups is 1. The molecule has 1 heterocycles. The molecule has 0 amide bonds. The average Bonchev–Trinajstić information content (AvgIpc) is 2.55. The van der Waals surface area contributed by atoms with Crippen LogP contribution in [0.5, 0.6) is 0 Å². The van der Waals surface area contributed by atoms with Gasteiger partial charge in [0, 0.05) is 22.8 Å². The van der Waals surface area contributed by atoms with E-state index in [0.717, 1.165) is 16.5 Å². The maximum atomic E-state index is 9.46. The summed E-state index contributed by atoms with van der Waals surface area (Å²) >= 11 is 1.69. The van der Waals surface area contributed by atoms with Crippen molar-refractivity contribution in [2.45, 2.75) is 40.0 Å². The van der Waals surface area contributed by atoms with Crippen molar-refractivity contribution in [3.63, 3.8) is 0 Å². The average molecular weight is 346 g/mol. The Labute approximate surface area is 149 Å². The standard InChI is InChI=1S/C19H27N3OS/c1-13-6-7-17(8-14(13)2)19(5)9-16(4)20-12-21-22-18(24-11-19)15(3)10-23/h6-9,12,15,23H,10-11H2,1-5H3,(H,20,21)/b16-9?,22-18-. The first-order valence-electron chi connectivity index (χ1n) is 8.22. The summed E-state index contributed by atoms with van der Waals surface area (Å²) < 4.78 is 0. The summed E-state index contributed by atoms with van der Waals surface area (Å²) in [5.74, 6) is 0.845. The van der Waals surface area contributed by atoms with E-state index in [1.807, 2.05) is 13.8 Å². The molecule has 2 N–H and O–H groups in total. The maximum absolute atomic E-state index is 9.46. The number of hydrogen-bond donors (Lipinski definition) is 2. The van der Waals surface area contributed by atoms with E-state index in [1.54, 1.807) is 18.1 Å². The number of aliphatic hydroxyl groups excluding tert-OH is 1. The summed E-state index contributed by atoms with van der Waals surface area (Å²) in [5.41, 5.74) is 7.53. The predicted octanol–water partition coefficient (Wildman–Crippen LogP) is 3.77. The van der Waals surface area contributed by atoms with E-state index >= 15 is 0 Å². The van der Waals surface area contributed by atoms with Crippen molar-refractivity contribution in [1.82, 2.24) is 5.43 Å². The predicted molar refractivity (Wildman–Crippen MR) is 105 cm³/mol. The van der Waals surface area contributed by atoms with Crippen molar-refractivity contribution in [1.29, 1.82) is 0 Å². The Morgan fingerprint density at radius 2 is 2.04 bits per heavy atom. The first-order chi connectivity index (χ1) is 11.4. The van der Waals surface area contributed by atoms with Crippen molar-refractivity contribution >= 4 is 23.1 Å². The molecule has 4 nitrogen and oxygen atoms in total. The highest BCUT2D eigenvalue weighted by molar-refractivity contribution is 8.14. The normalized spacial score (nSPS) is 25.2. The van der Waals surface area contributed by atoms with Crippen LogP contribution >= 0.6 is 11.8 Å². The van der Waals surface area contributed by atoms with Crippen LogP contribution in [0.4, 0.5) is 0 Å². The third kappa shape index (κ3) is 4.48. The van der Waals surface area contributed by atoms with Crippen LogP contribution in [-0.2, 0) is 5.41 Å². The summed E-state index contributed by atoms with van der Waals surface area (Å²) in [6.45, 7) is 10.6. The number of aliphatic hydroxyl groups is 1. The number of benzene rings is 1. The lowest BCUT2D eigenvalue weighted by molar-refractivity contribution is 0.271. The van der Waals surface area contributed by atoms with Crippen molar-refractivity contribution in [3.05, 3.63) is 46.7 Å². The van der Waals surface area contributed by atoms with Crippen LogP contribution in [0.2, 0.25) is 0 Å². The molecule has 0 aliphatic carbocycles. The van der Waals surface area contributed by atoms with Crippen molar-refractivity contribution in [2.24, 2.45) is 16.0 Å². The fourth-order valence-electron chi connectivity index (χ4n) is 2.61. The van der Waals surface area contributed by atoms with Crippen molar-refractivity contribution in [2.75, 3.05) is 12.4 Å². The van der Waals surface area contributed by atoms with Crippen LogP contribution < -0.4 is 5.43 Å². The monoisotopic (exact) mass is 345 g/mol. The van der Waals surface area contributed by atoms with Gasteiger partial charge in [-0.3, -0.25) is 5.43 Å². The SMILES string of the molecule is CC1=CC(C)(c2ccc(C)c(C)c2)CS/C(C(C)CO)=N\NC=N1. The molecule has 5 heteroatoms. The highest BCUT2D eigenvalue weighted by atomic mass is 32.2. The van der Waals surface area contributed by atoms with E-state index in [4.69, 9.17) is 0 Å². The lowest BCUT2D eigenvalue weighted by Gasteiger charge is -2.29. The lowest BCUT2D eigenvalue weighted by atomic mass is 9.82. The summed E-state index contributed by atoms with van der Waals surface area (Å²) in [7, 11) is 0. The zero-order chi connectivity index (χ0) is 17.7. The van der Waals surface area contributed by atoms with Gasteiger partial charge in [0.05, 0.1) is 11.7 Å². The molecule has 2 atom stereocenters. The van der Waals surface area contributed by atoms with Gasteiger partial charge in [-0.2, -0.15) is 5.10 Å². The van der Waals surface area contributed by atoms with Crippen molar-refractivity contribution < 1.29 is 5.11 Å². The van der Waals surface area contributed by atoms with Gasteiger partial charge in [-0.1, -0.05) is 38.1 Å². The van der Waals surface area contributed by atoms with Crippen LogP contribution in [0.25, 0.3) is 0 Å². The molecule has 1 aliphatic heterocycles. The summed E-state index contributed by atoms with van der Waals surface area (Å²) in [6, 6.07) is 6.64. The van der Waals surface area contributed by atoms with Crippen LogP contribution in [-0.4, -0.2) is 28.8 Å². The Kier molecular flexibility index (Phi) is 6.24. The van der Waals surface area contributed by atoms with E-state index < -0.39 is 0 Å². The number of rotatable bonds is 3. The largest absolute Gasteiger partial charge is 0.396 e. The first kappa shape index (κ1) is 18.7. The number of aryl methyl sites for hydroxylation is 2. The summed E-state index contributed by atoms with van der Waals surface area (Å²) in [5, 5.41) is 14.7. The highest BCUT2D eigenvalue weighted by Gasteiger charge is 2.27. The summed E-state index contributed by atoms with van der Waals surface area (Å²) in [4.78, 5) is 4.41. The molecule has 24 heavy (non-hydrogen) atoms. The Bertz CT molecular complexity index is 681. The number of hydrogen-bond acceptors (Lipinski definition) is 5. The minimum absolute atomic E-state index is 0.00408. The molecule has 2 rings (SSSR count). The number of allylic oxidation sites excluding steroid dienone is 2. The third-order valence-corrected chi connectivity index (χ3v) is 5.94. The molecule has 0 aromatic heterocycles. The smallest absolute Gasteiger partial charge is 0.109 e. The van der Waals surface area contributed by atoms with Crippen LogP contribution in [0.1, 0.15) is 37.5 Å². The number of nitrogens with one attached hydrogen (secondary N) is 1. The van der Waals surface area contributed by atoms with Crippen LogP contribution in [0.3, 0.4) is 0 Å². The van der Waals surface area contributed by atoms with Gasteiger partial charge in [-0.25, -0.2) is 4.99 Å². The van der Waals surface area contributed by atoms with E-state index in [2.05, 4.69) is 60.6 Å². The molecule has 1 aliphatic rings. The molecule has 0 saturated carbocycles. The Morgan fingerprint density at radius 1 is 1.29 bits per heavy atom. The Hall–Kier alpha value is -1.59. The summed E-state index contributed by atoms with van der Waals surface area (Å²) in [6.07, 6.45) is 3.82. The fourth-order valence-corrected chi connectivity index (χ4v) is 3.79. The fraction of sp³-hybridized carbons (Fsp3) is 0.474. The van der Waals surface area contributed by atoms with E-state index in [1.165, 1.54) is 16.7 Å². The second kappa shape index (κ2) is 7.99. The highest BCUT2D eigenvalue weighted by Crippen LogP contribution is 2.33. The zero-order valence-electron chi connectivity index (χ0n) is 15.1. The number of hydrazone groups is 1. The third-order valence-electron chi connectivity index (χ3n) is 4.41. The molecule has 0 saturated heterocycles. The molecule has 1 aromatic rings. The Morgan fingerprint density at radius 3 is 2.71 bits per heavy atom. The van der Waals surface area contributed by atoms with E-state index in [0.29, 0.717) is 0 Å². The maximum Gasteiger partial charge on any atom is 0.109 e. The van der Waals surface area contributed by atoms with Gasteiger partial charge in [0.15, 0.2) is 0 Å². The van der Waals surface area contributed by atoms with Gasteiger partial charge < -0.3 is 5.11 Å². The second-order valence-corrected chi connectivity index (χ2v) is 7.71. The minimum atomic E-state index is -0.155. The number of nitrogens with zero attached hydrogens (tertiary/aromatic N) is 2. The first-order valence-corrected chi connectivity index (χ1v) is 9.21. The molecule has 1 aromatic carbocycles. The molecule has 0 bridgehead atoms.